The molecular formula is C13H9NO4. The number of hydrogen-bond acceptors (Lipinski definition) is 4. The van der Waals surface area contributed by atoms with Gasteiger partial charge in [0.15, 0.2) is 11.3 Å². The monoisotopic (exact) mass is 243 g/mol. The van der Waals surface area contributed by atoms with Crippen molar-refractivity contribution in [2.45, 2.75) is 0 Å². The summed E-state index contributed by atoms with van der Waals surface area (Å²) in [5.41, 5.74) is 0.445. The quantitative estimate of drug-likeness (QED) is 0.520. The molecular weight excluding hydrogens is 234 g/mol. The van der Waals surface area contributed by atoms with E-state index in [1.54, 1.807) is 6.07 Å². The van der Waals surface area contributed by atoms with Crippen LogP contribution in [0.2, 0.25) is 0 Å². The molecule has 0 radical (unpaired) electrons. The highest BCUT2D eigenvalue weighted by Crippen LogP contribution is 2.29. The molecule has 5 nitrogen and oxygen atoms in total. The van der Waals surface area contributed by atoms with E-state index in [1.807, 2.05) is 18.2 Å². The number of aromatic amines is 1. The van der Waals surface area contributed by atoms with E-state index in [1.165, 1.54) is 13.2 Å². The van der Waals surface area contributed by atoms with Crippen molar-refractivity contribution in [3.63, 3.8) is 0 Å². The van der Waals surface area contributed by atoms with Crippen LogP contribution in [0.25, 0.3) is 22.6 Å². The SMILES string of the molecule is COc1c2oc3ccccc3[nH]c-2cc(=O)c1=O. The predicted molar refractivity (Wildman–Crippen MR) is 66.3 cm³/mol. The summed E-state index contributed by atoms with van der Waals surface area (Å²) in [5.74, 6) is 0.181. The Morgan fingerprint density at radius 3 is 2.78 bits per heavy atom. The third kappa shape index (κ3) is 1.41. The third-order valence-corrected chi connectivity index (χ3v) is 2.73. The fourth-order valence-corrected chi connectivity index (χ4v) is 1.89. The van der Waals surface area contributed by atoms with Crippen LogP contribution in [-0.4, -0.2) is 12.1 Å². The molecule has 0 aromatic heterocycles. The number of rotatable bonds is 1. The zero-order valence-corrected chi connectivity index (χ0v) is 9.52. The highest BCUT2D eigenvalue weighted by molar-refractivity contribution is 5.77. The fourth-order valence-electron chi connectivity index (χ4n) is 1.89. The lowest BCUT2D eigenvalue weighted by Crippen LogP contribution is -2.25. The van der Waals surface area contributed by atoms with Crippen LogP contribution in [-0.2, 0) is 0 Å². The Morgan fingerprint density at radius 1 is 1.22 bits per heavy atom. The number of nitrogens with one attached hydrogen (secondary N) is 1. The van der Waals surface area contributed by atoms with Gasteiger partial charge in [0, 0.05) is 6.07 Å². The first-order chi connectivity index (χ1) is 8.70. The predicted octanol–water partition coefficient (Wildman–Crippen LogP) is 1.59. The molecule has 0 saturated carbocycles. The minimum atomic E-state index is -0.697. The number of para-hydroxylation sites is 2. The molecule has 1 aliphatic heterocycles. The van der Waals surface area contributed by atoms with Gasteiger partial charge in [-0.2, -0.15) is 0 Å². The zero-order chi connectivity index (χ0) is 12.7. The molecule has 2 aliphatic rings. The summed E-state index contributed by atoms with van der Waals surface area (Å²) >= 11 is 0. The van der Waals surface area contributed by atoms with E-state index >= 15 is 0 Å². The molecule has 0 bridgehead atoms. The van der Waals surface area contributed by atoms with Gasteiger partial charge in [-0.05, 0) is 12.1 Å². The maximum Gasteiger partial charge on any atom is 0.271 e. The van der Waals surface area contributed by atoms with Crippen LogP contribution in [0, 0.1) is 0 Å². The van der Waals surface area contributed by atoms with E-state index < -0.39 is 10.9 Å². The van der Waals surface area contributed by atoms with Crippen LogP contribution in [0.15, 0.2) is 44.3 Å². The molecule has 5 heteroatoms. The molecule has 0 spiro atoms. The fraction of sp³-hybridized carbons (Fsp3) is 0.0769. The van der Waals surface area contributed by atoms with Crippen molar-refractivity contribution in [3.05, 3.63) is 50.8 Å². The van der Waals surface area contributed by atoms with E-state index in [0.29, 0.717) is 11.3 Å². The molecule has 0 saturated heterocycles. The topological polar surface area (TPSA) is 72.3 Å². The van der Waals surface area contributed by atoms with E-state index in [0.717, 1.165) is 5.52 Å². The van der Waals surface area contributed by atoms with Crippen molar-refractivity contribution in [3.8, 4) is 17.2 Å². The van der Waals surface area contributed by atoms with Crippen LogP contribution in [0.3, 0.4) is 0 Å². The van der Waals surface area contributed by atoms with Crippen LogP contribution in [0.5, 0.6) is 5.75 Å². The largest absolute Gasteiger partial charge is 0.489 e. The molecule has 1 aromatic rings. The van der Waals surface area contributed by atoms with Crippen LogP contribution in [0.4, 0.5) is 0 Å². The molecule has 0 amide bonds. The summed E-state index contributed by atoms with van der Waals surface area (Å²) in [7, 11) is 1.33. The number of ether oxygens (including phenoxy) is 1. The summed E-state index contributed by atoms with van der Waals surface area (Å²) in [5, 5.41) is 0. The van der Waals surface area contributed by atoms with Gasteiger partial charge in [0.1, 0.15) is 0 Å². The van der Waals surface area contributed by atoms with E-state index in [2.05, 4.69) is 4.98 Å². The lowest BCUT2D eigenvalue weighted by molar-refractivity contribution is 0.398. The standard InChI is InChI=1S/C13H9NO4/c1-17-13-11(16)9(15)6-8-12(13)18-10-5-3-2-4-7(10)14-8/h2-6,14H,1H3. The summed E-state index contributed by atoms with van der Waals surface area (Å²) in [6.07, 6.45) is 0. The Hall–Kier alpha value is -2.56. The first kappa shape index (κ1) is 10.6. The summed E-state index contributed by atoms with van der Waals surface area (Å²) in [6, 6.07) is 8.46. The first-order valence-electron chi connectivity index (χ1n) is 5.33. The van der Waals surface area contributed by atoms with Gasteiger partial charge >= 0.3 is 0 Å². The smallest absolute Gasteiger partial charge is 0.271 e. The maximum atomic E-state index is 11.6. The van der Waals surface area contributed by atoms with E-state index in [4.69, 9.17) is 9.15 Å². The van der Waals surface area contributed by atoms with Gasteiger partial charge < -0.3 is 14.1 Å². The molecule has 1 aliphatic carbocycles. The highest BCUT2D eigenvalue weighted by Gasteiger charge is 2.19. The van der Waals surface area contributed by atoms with Gasteiger partial charge in [0.25, 0.3) is 5.43 Å². The number of fused-ring (bicyclic) bond motifs is 2. The van der Waals surface area contributed by atoms with Crippen molar-refractivity contribution in [2.75, 3.05) is 7.11 Å². The first-order valence-corrected chi connectivity index (χ1v) is 5.33. The van der Waals surface area contributed by atoms with Crippen molar-refractivity contribution < 1.29 is 9.15 Å². The minimum absolute atomic E-state index is 0.0699. The van der Waals surface area contributed by atoms with Crippen LogP contribution < -0.4 is 15.6 Å². The second-order valence-corrected chi connectivity index (χ2v) is 3.84. The van der Waals surface area contributed by atoms with Crippen molar-refractivity contribution in [1.29, 1.82) is 0 Å². The zero-order valence-electron chi connectivity index (χ0n) is 9.52. The normalized spacial score (nSPS) is 10.9. The third-order valence-electron chi connectivity index (χ3n) is 2.73. The van der Waals surface area contributed by atoms with Crippen molar-refractivity contribution in [1.82, 2.24) is 4.98 Å². The highest BCUT2D eigenvalue weighted by atomic mass is 16.5. The van der Waals surface area contributed by atoms with Crippen molar-refractivity contribution in [2.24, 2.45) is 0 Å². The Kier molecular flexibility index (Phi) is 2.19. The molecule has 3 rings (SSSR count). The number of hydrogen-bond donors (Lipinski definition) is 1. The van der Waals surface area contributed by atoms with Crippen LogP contribution >= 0.6 is 0 Å². The van der Waals surface area contributed by atoms with Gasteiger partial charge in [-0.15, -0.1) is 0 Å². The van der Waals surface area contributed by atoms with Gasteiger partial charge in [0.2, 0.25) is 11.2 Å². The Morgan fingerprint density at radius 2 is 2.00 bits per heavy atom. The lowest BCUT2D eigenvalue weighted by atomic mass is 10.2. The Bertz CT molecular complexity index is 815. The van der Waals surface area contributed by atoms with Crippen LogP contribution in [0.1, 0.15) is 0 Å². The Labute approximate surface area is 101 Å². The summed E-state index contributed by atoms with van der Waals surface area (Å²) < 4.78 is 10.6. The molecule has 18 heavy (non-hydrogen) atoms. The lowest BCUT2D eigenvalue weighted by Gasteiger charge is -2.09. The van der Waals surface area contributed by atoms with Gasteiger partial charge in [0.05, 0.1) is 18.3 Å². The molecule has 1 heterocycles. The number of H-pyrrole nitrogens is 1. The van der Waals surface area contributed by atoms with Crippen molar-refractivity contribution >= 4 is 11.1 Å². The summed E-state index contributed by atoms with van der Waals surface area (Å²) in [6.45, 7) is 0. The second kappa shape index (κ2) is 3.73. The molecule has 0 unspecified atom stereocenters. The van der Waals surface area contributed by atoms with Gasteiger partial charge in [-0.25, -0.2) is 0 Å². The van der Waals surface area contributed by atoms with E-state index in [9.17, 15) is 9.59 Å². The molecule has 0 atom stereocenters. The number of aromatic nitrogens is 1. The average molecular weight is 243 g/mol. The minimum Gasteiger partial charge on any atom is -0.489 e. The maximum absolute atomic E-state index is 11.6. The average Bonchev–Trinajstić information content (AvgIpc) is 2.38. The molecule has 1 aromatic carbocycles. The number of methoxy groups -OCH3 is 1. The molecule has 1 N–H and O–H groups in total. The second-order valence-electron chi connectivity index (χ2n) is 3.84. The molecule has 0 fully saturated rings. The van der Waals surface area contributed by atoms with Gasteiger partial charge in [-0.3, -0.25) is 9.59 Å². The van der Waals surface area contributed by atoms with E-state index in [-0.39, 0.29) is 11.5 Å². The Balaban J connectivity index is 2.54. The molecule has 90 valence electrons. The number of benzene rings is 2. The van der Waals surface area contributed by atoms with Gasteiger partial charge in [-0.1, -0.05) is 12.1 Å². The summed E-state index contributed by atoms with van der Waals surface area (Å²) in [4.78, 5) is 26.2.